The van der Waals surface area contributed by atoms with Crippen LogP contribution >= 0.6 is 11.8 Å². The maximum atomic E-state index is 12.7. The van der Waals surface area contributed by atoms with Crippen LogP contribution in [-0.2, 0) is 11.3 Å². The van der Waals surface area contributed by atoms with E-state index in [-0.39, 0.29) is 11.7 Å². The molecule has 0 saturated carbocycles. The molecule has 1 N–H and O–H groups in total. The predicted molar refractivity (Wildman–Crippen MR) is 135 cm³/mol. The van der Waals surface area contributed by atoms with Crippen molar-refractivity contribution in [3.63, 3.8) is 0 Å². The number of fused-ring (bicyclic) bond motifs is 3. The summed E-state index contributed by atoms with van der Waals surface area (Å²) >= 11 is 1.27. The van der Waals surface area contributed by atoms with Gasteiger partial charge in [-0.15, -0.1) is 5.10 Å². The summed E-state index contributed by atoms with van der Waals surface area (Å²) in [5.41, 5.74) is 3.84. The number of carbonyl (C=O) groups is 1. The van der Waals surface area contributed by atoms with Gasteiger partial charge in [-0.25, -0.2) is 0 Å². The Hall–Kier alpha value is -3.85. The summed E-state index contributed by atoms with van der Waals surface area (Å²) in [6.07, 6.45) is 0. The molecule has 5 aromatic rings. The number of tetrazole rings is 1. The third kappa shape index (κ3) is 4.10. The van der Waals surface area contributed by atoms with E-state index >= 15 is 0 Å². The SMILES string of the molecule is CCOc1ccccc1-n1nnnc1SCC(=O)Nc1ccc2c(c1)c1ccccc1n2CC. The van der Waals surface area contributed by atoms with Crippen molar-refractivity contribution in [2.24, 2.45) is 0 Å². The van der Waals surface area contributed by atoms with Gasteiger partial charge in [0, 0.05) is 34.0 Å². The maximum Gasteiger partial charge on any atom is 0.234 e. The number of nitrogens with zero attached hydrogens (tertiary/aromatic N) is 5. The number of hydrogen-bond acceptors (Lipinski definition) is 6. The molecule has 0 fully saturated rings. The van der Waals surface area contributed by atoms with Gasteiger partial charge in [0.25, 0.3) is 0 Å². The molecule has 5 rings (SSSR count). The number of benzene rings is 3. The van der Waals surface area contributed by atoms with E-state index < -0.39 is 0 Å². The van der Waals surface area contributed by atoms with E-state index in [9.17, 15) is 4.79 Å². The highest BCUT2D eigenvalue weighted by Crippen LogP contribution is 2.31. The second-order valence-corrected chi connectivity index (χ2v) is 8.55. The number of aryl methyl sites for hydroxylation is 1. The van der Waals surface area contributed by atoms with Crippen LogP contribution in [0, 0.1) is 0 Å². The monoisotopic (exact) mass is 472 g/mol. The largest absolute Gasteiger partial charge is 0.492 e. The maximum absolute atomic E-state index is 12.7. The normalized spacial score (nSPS) is 11.2. The average Bonchev–Trinajstić information content (AvgIpc) is 3.45. The molecule has 34 heavy (non-hydrogen) atoms. The number of hydrogen-bond donors (Lipinski definition) is 1. The molecule has 8 nitrogen and oxygen atoms in total. The number of thioether (sulfide) groups is 1. The summed E-state index contributed by atoms with van der Waals surface area (Å²) in [5, 5.41) is 17.8. The number of carbonyl (C=O) groups excluding carboxylic acids is 1. The molecule has 0 spiro atoms. The Balaban J connectivity index is 1.33. The Labute approximate surface area is 200 Å². The standard InChI is InChI=1S/C25H24N6O2S/c1-3-30-20-10-6-5-9-18(20)19-15-17(13-14-21(19)30)26-24(32)16-34-25-27-28-29-31(25)22-11-7-8-12-23(22)33-4-2/h5-15H,3-4,16H2,1-2H3,(H,26,32). The summed E-state index contributed by atoms with van der Waals surface area (Å²) in [7, 11) is 0. The Morgan fingerprint density at radius 3 is 2.65 bits per heavy atom. The molecular weight excluding hydrogens is 448 g/mol. The van der Waals surface area contributed by atoms with E-state index in [1.165, 1.54) is 22.7 Å². The second kappa shape index (κ2) is 9.56. The van der Waals surface area contributed by atoms with Gasteiger partial charge in [-0.2, -0.15) is 4.68 Å². The molecule has 0 unspecified atom stereocenters. The van der Waals surface area contributed by atoms with Crippen molar-refractivity contribution >= 4 is 45.2 Å². The molecule has 0 saturated heterocycles. The van der Waals surface area contributed by atoms with Crippen molar-refractivity contribution in [1.82, 2.24) is 24.8 Å². The van der Waals surface area contributed by atoms with Gasteiger partial charge >= 0.3 is 0 Å². The van der Waals surface area contributed by atoms with E-state index in [1.54, 1.807) is 4.68 Å². The van der Waals surface area contributed by atoms with Crippen molar-refractivity contribution in [1.29, 1.82) is 0 Å². The number of nitrogens with one attached hydrogen (secondary N) is 1. The highest BCUT2D eigenvalue weighted by atomic mass is 32.2. The minimum absolute atomic E-state index is 0.128. The molecule has 9 heteroatoms. The molecule has 2 heterocycles. The summed E-state index contributed by atoms with van der Waals surface area (Å²) in [4.78, 5) is 12.7. The van der Waals surface area contributed by atoms with E-state index in [2.05, 4.69) is 50.5 Å². The average molecular weight is 473 g/mol. The first-order valence-electron chi connectivity index (χ1n) is 11.1. The lowest BCUT2D eigenvalue weighted by Gasteiger charge is -2.10. The van der Waals surface area contributed by atoms with Crippen LogP contribution in [0.25, 0.3) is 27.5 Å². The van der Waals surface area contributed by atoms with E-state index in [0.717, 1.165) is 28.8 Å². The zero-order valence-electron chi connectivity index (χ0n) is 18.9. The first-order chi connectivity index (χ1) is 16.7. The summed E-state index contributed by atoms with van der Waals surface area (Å²) in [6, 6.07) is 21.9. The van der Waals surface area contributed by atoms with Crippen LogP contribution < -0.4 is 10.1 Å². The van der Waals surface area contributed by atoms with Gasteiger partial charge in [-0.1, -0.05) is 42.1 Å². The zero-order chi connectivity index (χ0) is 23.5. The van der Waals surface area contributed by atoms with Crippen LogP contribution in [0.5, 0.6) is 5.75 Å². The first kappa shape index (κ1) is 22.0. The number of amides is 1. The molecule has 0 aliphatic carbocycles. The van der Waals surface area contributed by atoms with E-state index in [0.29, 0.717) is 17.5 Å². The number of rotatable bonds is 8. The van der Waals surface area contributed by atoms with Gasteiger partial charge in [0.2, 0.25) is 11.1 Å². The van der Waals surface area contributed by atoms with Gasteiger partial charge in [0.15, 0.2) is 0 Å². The van der Waals surface area contributed by atoms with Crippen LogP contribution in [0.3, 0.4) is 0 Å². The Bertz CT molecular complexity index is 1480. The third-order valence-corrected chi connectivity index (χ3v) is 6.46. The minimum Gasteiger partial charge on any atom is -0.492 e. The fraction of sp³-hybridized carbons (Fsp3) is 0.200. The molecule has 0 aliphatic rings. The van der Waals surface area contributed by atoms with Gasteiger partial charge in [0.05, 0.1) is 12.4 Å². The number of para-hydroxylation sites is 3. The smallest absolute Gasteiger partial charge is 0.234 e. The Kier molecular flexibility index (Phi) is 6.18. The summed E-state index contributed by atoms with van der Waals surface area (Å²) < 4.78 is 9.56. The fourth-order valence-corrected chi connectivity index (χ4v) is 4.81. The van der Waals surface area contributed by atoms with Crippen molar-refractivity contribution < 1.29 is 9.53 Å². The molecule has 0 bridgehead atoms. The molecule has 3 aromatic carbocycles. The zero-order valence-corrected chi connectivity index (χ0v) is 19.7. The highest BCUT2D eigenvalue weighted by molar-refractivity contribution is 7.99. The van der Waals surface area contributed by atoms with Crippen LogP contribution in [-0.4, -0.2) is 43.0 Å². The van der Waals surface area contributed by atoms with E-state index in [4.69, 9.17) is 4.74 Å². The molecule has 172 valence electrons. The van der Waals surface area contributed by atoms with Gasteiger partial charge in [-0.05, 0) is 60.7 Å². The third-order valence-electron chi connectivity index (χ3n) is 5.54. The fourth-order valence-electron chi connectivity index (χ4n) is 4.13. The summed E-state index contributed by atoms with van der Waals surface area (Å²) in [5.74, 6) is 0.728. The minimum atomic E-state index is -0.128. The molecule has 1 amide bonds. The molecular formula is C25H24N6O2S. The predicted octanol–water partition coefficient (Wildman–Crippen LogP) is 4.92. The number of anilines is 1. The van der Waals surface area contributed by atoms with Crippen LogP contribution in [0.15, 0.2) is 71.9 Å². The quantitative estimate of drug-likeness (QED) is 0.323. The Morgan fingerprint density at radius 2 is 1.79 bits per heavy atom. The van der Waals surface area contributed by atoms with Crippen LogP contribution in [0.1, 0.15) is 13.8 Å². The van der Waals surface area contributed by atoms with E-state index in [1.807, 2.05) is 55.5 Å². The molecule has 0 radical (unpaired) electrons. The highest BCUT2D eigenvalue weighted by Gasteiger charge is 2.16. The molecule has 2 aromatic heterocycles. The lowest BCUT2D eigenvalue weighted by Crippen LogP contribution is -2.14. The van der Waals surface area contributed by atoms with Gasteiger partial charge in [-0.3, -0.25) is 4.79 Å². The summed E-state index contributed by atoms with van der Waals surface area (Å²) in [6.45, 7) is 5.48. The van der Waals surface area contributed by atoms with Crippen LogP contribution in [0.4, 0.5) is 5.69 Å². The lowest BCUT2D eigenvalue weighted by atomic mass is 10.1. The molecule has 0 aliphatic heterocycles. The van der Waals surface area contributed by atoms with Gasteiger partial charge < -0.3 is 14.6 Å². The van der Waals surface area contributed by atoms with Crippen molar-refractivity contribution in [2.45, 2.75) is 25.5 Å². The molecule has 0 atom stereocenters. The number of ether oxygens (including phenoxy) is 1. The number of aromatic nitrogens is 5. The first-order valence-corrected chi connectivity index (χ1v) is 12.1. The topological polar surface area (TPSA) is 86.9 Å². The Morgan fingerprint density at radius 1 is 1.00 bits per heavy atom. The van der Waals surface area contributed by atoms with Crippen molar-refractivity contribution in [3.8, 4) is 11.4 Å². The van der Waals surface area contributed by atoms with Crippen molar-refractivity contribution in [2.75, 3.05) is 17.7 Å². The van der Waals surface area contributed by atoms with Crippen molar-refractivity contribution in [3.05, 3.63) is 66.7 Å². The second-order valence-electron chi connectivity index (χ2n) is 7.60. The lowest BCUT2D eigenvalue weighted by molar-refractivity contribution is -0.113. The van der Waals surface area contributed by atoms with Gasteiger partial charge in [0.1, 0.15) is 11.4 Å². The van der Waals surface area contributed by atoms with Crippen LogP contribution in [0.2, 0.25) is 0 Å².